The van der Waals surface area contributed by atoms with Crippen molar-refractivity contribution in [3.05, 3.63) is 59.7 Å². The maximum Gasteiger partial charge on any atom is 0.414 e. The van der Waals surface area contributed by atoms with Gasteiger partial charge in [0.15, 0.2) is 0 Å². The van der Waals surface area contributed by atoms with Crippen molar-refractivity contribution in [3.63, 3.8) is 0 Å². The monoisotopic (exact) mass is 395 g/mol. The molecule has 1 saturated heterocycles. The van der Waals surface area contributed by atoms with Crippen LogP contribution in [0.4, 0.5) is 10.7 Å². The van der Waals surface area contributed by atoms with Gasteiger partial charge in [-0.2, -0.15) is 0 Å². The molecule has 3 aromatic rings. The van der Waals surface area contributed by atoms with Gasteiger partial charge < -0.3 is 19.2 Å². The lowest BCUT2D eigenvalue weighted by Gasteiger charge is -2.29. The Morgan fingerprint density at radius 1 is 1.10 bits per heavy atom. The number of amides is 1. The zero-order valence-corrected chi connectivity index (χ0v) is 16.9. The lowest BCUT2D eigenvalue weighted by atomic mass is 9.97. The average Bonchev–Trinajstić information content (AvgIpc) is 3.21. The van der Waals surface area contributed by atoms with Crippen LogP contribution in [0.2, 0.25) is 0 Å². The Morgan fingerprint density at radius 3 is 2.45 bits per heavy atom. The van der Waals surface area contributed by atoms with Gasteiger partial charge in [-0.25, -0.2) is 9.78 Å². The first-order valence-corrected chi connectivity index (χ1v) is 9.76. The van der Waals surface area contributed by atoms with Crippen LogP contribution < -0.4 is 5.32 Å². The molecule has 0 spiro atoms. The molecule has 1 aromatic heterocycles. The number of aromatic nitrogens is 2. The topological polar surface area (TPSA) is 85.5 Å². The molecule has 7 heteroatoms. The third kappa shape index (κ3) is 3.71. The van der Waals surface area contributed by atoms with Gasteiger partial charge in [0.05, 0.1) is 29.3 Å². The van der Waals surface area contributed by atoms with Crippen LogP contribution in [0.5, 0.6) is 0 Å². The van der Waals surface area contributed by atoms with Crippen molar-refractivity contribution >= 4 is 23.1 Å². The van der Waals surface area contributed by atoms with E-state index in [1.54, 1.807) is 13.8 Å². The minimum absolute atomic E-state index is 0.0595. The molecule has 0 radical (unpaired) electrons. The summed E-state index contributed by atoms with van der Waals surface area (Å²) in [5.74, 6) is -0.671. The summed E-state index contributed by atoms with van der Waals surface area (Å²) in [6.45, 7) is 7.59. The maximum absolute atomic E-state index is 11.9. The minimum atomic E-state index is -0.996. The van der Waals surface area contributed by atoms with Gasteiger partial charge >= 0.3 is 6.09 Å². The van der Waals surface area contributed by atoms with Crippen LogP contribution in [0.3, 0.4) is 0 Å². The molecule has 7 nitrogen and oxygen atoms in total. The molecule has 2 aromatic carbocycles. The number of benzene rings is 2. The molecular weight excluding hydrogens is 370 g/mol. The predicted molar refractivity (Wildman–Crippen MR) is 110 cm³/mol. The number of rotatable bonds is 4. The first-order valence-electron chi connectivity index (χ1n) is 9.76. The van der Waals surface area contributed by atoms with Crippen LogP contribution in [0, 0.1) is 0 Å². The Hall–Kier alpha value is -2.90. The zero-order valence-electron chi connectivity index (χ0n) is 16.9. The van der Waals surface area contributed by atoms with Crippen molar-refractivity contribution in [2.75, 3.05) is 5.32 Å². The van der Waals surface area contributed by atoms with E-state index >= 15 is 0 Å². The third-order valence-corrected chi connectivity index (χ3v) is 4.94. The van der Waals surface area contributed by atoms with Crippen molar-refractivity contribution < 1.29 is 19.0 Å². The van der Waals surface area contributed by atoms with Crippen LogP contribution in [-0.4, -0.2) is 34.4 Å². The normalized spacial score (nSPS) is 24.2. The van der Waals surface area contributed by atoms with Crippen LogP contribution in [0.25, 0.3) is 11.0 Å². The molecule has 152 valence electrons. The number of ether oxygens (including phenoxy) is 3. The highest BCUT2D eigenvalue weighted by atomic mass is 16.8. The number of carbonyl (C=O) groups is 1. The third-order valence-electron chi connectivity index (χ3n) is 4.94. The number of anilines is 1. The fourth-order valence-corrected chi connectivity index (χ4v) is 3.45. The summed E-state index contributed by atoms with van der Waals surface area (Å²) in [5, 5.41) is 2.62. The summed E-state index contributed by atoms with van der Waals surface area (Å²) < 4.78 is 17.8. The van der Waals surface area contributed by atoms with Gasteiger partial charge in [0.25, 0.3) is 0 Å². The van der Waals surface area contributed by atoms with E-state index < -0.39 is 11.9 Å². The number of hydrogen-bond donors (Lipinski definition) is 2. The summed E-state index contributed by atoms with van der Waals surface area (Å²) in [5.41, 5.74) is 3.26. The number of hydrogen-bond acceptors (Lipinski definition) is 5. The second-order valence-electron chi connectivity index (χ2n) is 7.52. The first kappa shape index (κ1) is 19.4. The number of H-pyrrole nitrogens is 1. The minimum Gasteiger partial charge on any atom is -0.447 e. The maximum atomic E-state index is 11.9. The number of nitrogens with one attached hydrogen (secondary N) is 2. The molecule has 0 aliphatic carbocycles. The fraction of sp³-hybridized carbons (Fsp3) is 0.364. The summed E-state index contributed by atoms with van der Waals surface area (Å²) >= 11 is 0. The van der Waals surface area contributed by atoms with E-state index in [1.165, 1.54) is 0 Å². The van der Waals surface area contributed by atoms with Crippen molar-refractivity contribution in [1.29, 1.82) is 0 Å². The number of imidazole rings is 1. The van der Waals surface area contributed by atoms with Crippen LogP contribution in [0.15, 0.2) is 48.5 Å². The van der Waals surface area contributed by atoms with Gasteiger partial charge in [-0.3, -0.25) is 5.32 Å². The molecule has 29 heavy (non-hydrogen) atoms. The highest BCUT2D eigenvalue weighted by molar-refractivity contribution is 5.86. The van der Waals surface area contributed by atoms with E-state index in [1.807, 2.05) is 62.4 Å². The van der Waals surface area contributed by atoms with Crippen LogP contribution in [0.1, 0.15) is 38.8 Å². The summed E-state index contributed by atoms with van der Waals surface area (Å²) in [6, 6.07) is 15.7. The molecule has 1 aliphatic rings. The SMILES string of the molecule is CC(C)OC(=O)Nc1nc2ccc(C3(c4ccccc4)OC(C)C(C)O3)cc2[nH]1. The van der Waals surface area contributed by atoms with Crippen molar-refractivity contribution in [2.45, 2.75) is 51.8 Å². The second-order valence-corrected chi connectivity index (χ2v) is 7.52. The average molecular weight is 395 g/mol. The fourth-order valence-electron chi connectivity index (χ4n) is 3.45. The Kier molecular flexibility index (Phi) is 5.02. The smallest absolute Gasteiger partial charge is 0.414 e. The van der Waals surface area contributed by atoms with E-state index in [4.69, 9.17) is 14.2 Å². The van der Waals surface area contributed by atoms with Gasteiger partial charge in [-0.1, -0.05) is 36.4 Å². The van der Waals surface area contributed by atoms with Crippen LogP contribution in [-0.2, 0) is 20.0 Å². The first-order chi connectivity index (χ1) is 13.9. The van der Waals surface area contributed by atoms with Crippen molar-refractivity contribution in [3.8, 4) is 0 Å². The molecule has 0 bridgehead atoms. The number of aromatic amines is 1. The molecule has 2 N–H and O–H groups in total. The standard InChI is InChI=1S/C22H25N3O4/c1-13(2)27-21(26)25-20-23-18-11-10-17(12-19(18)24-20)22(16-8-6-5-7-9-16)28-14(3)15(4)29-22/h5-15H,1-4H3,(H2,23,24,25,26). The molecular formula is C22H25N3O4. The van der Waals surface area contributed by atoms with Gasteiger partial charge in [0.2, 0.25) is 11.7 Å². The molecule has 2 unspecified atom stereocenters. The van der Waals surface area contributed by atoms with Crippen molar-refractivity contribution in [2.24, 2.45) is 0 Å². The largest absolute Gasteiger partial charge is 0.447 e. The zero-order chi connectivity index (χ0) is 20.6. The molecule has 0 saturated carbocycles. The summed E-state index contributed by atoms with van der Waals surface area (Å²) in [6.07, 6.45) is -0.881. The Morgan fingerprint density at radius 2 is 1.79 bits per heavy atom. The second kappa shape index (κ2) is 7.50. The lowest BCUT2D eigenvalue weighted by Crippen LogP contribution is -2.29. The Bertz CT molecular complexity index is 1010. The van der Waals surface area contributed by atoms with Gasteiger partial charge in [0.1, 0.15) is 0 Å². The Balaban J connectivity index is 1.71. The van der Waals surface area contributed by atoms with Gasteiger partial charge in [-0.15, -0.1) is 0 Å². The predicted octanol–water partition coefficient (Wildman–Crippen LogP) is 4.54. The van der Waals surface area contributed by atoms with Crippen LogP contribution >= 0.6 is 0 Å². The highest BCUT2D eigenvalue weighted by Crippen LogP contribution is 2.43. The molecule has 4 rings (SSSR count). The van der Waals surface area contributed by atoms with E-state index in [2.05, 4.69) is 15.3 Å². The molecule has 1 aliphatic heterocycles. The molecule has 2 atom stereocenters. The van der Waals surface area contributed by atoms with Crippen molar-refractivity contribution in [1.82, 2.24) is 9.97 Å². The van der Waals surface area contributed by atoms with E-state index in [0.717, 1.165) is 22.2 Å². The van der Waals surface area contributed by atoms with E-state index in [0.29, 0.717) is 5.95 Å². The highest BCUT2D eigenvalue weighted by Gasteiger charge is 2.47. The molecule has 1 amide bonds. The van der Waals surface area contributed by atoms with Gasteiger partial charge in [0, 0.05) is 11.1 Å². The molecule has 2 heterocycles. The van der Waals surface area contributed by atoms with E-state index in [-0.39, 0.29) is 18.3 Å². The number of nitrogens with zero attached hydrogens (tertiary/aromatic N) is 1. The van der Waals surface area contributed by atoms with E-state index in [9.17, 15) is 4.79 Å². The number of fused-ring (bicyclic) bond motifs is 1. The van der Waals surface area contributed by atoms with Gasteiger partial charge in [-0.05, 0) is 39.8 Å². The summed E-state index contributed by atoms with van der Waals surface area (Å²) in [4.78, 5) is 19.4. The lowest BCUT2D eigenvalue weighted by molar-refractivity contribution is -0.147. The number of carbonyl (C=O) groups excluding carboxylic acids is 1. The molecule has 1 fully saturated rings. The quantitative estimate of drug-likeness (QED) is 0.677. The Labute approximate surface area is 169 Å². The summed E-state index contributed by atoms with van der Waals surface area (Å²) in [7, 11) is 0.